The number of amides is 1. The van der Waals surface area contributed by atoms with Crippen molar-refractivity contribution in [2.75, 3.05) is 11.1 Å². The SMILES string of the molecule is NC(=O)c1cc(N)cc(Cl)c1NCc1cscn1. The van der Waals surface area contributed by atoms with E-state index in [0.717, 1.165) is 5.69 Å². The molecule has 2 aromatic rings. The fourth-order valence-corrected chi connectivity index (χ4v) is 2.36. The largest absolute Gasteiger partial charge is 0.399 e. The fourth-order valence-electron chi connectivity index (χ4n) is 1.51. The zero-order valence-corrected chi connectivity index (χ0v) is 10.9. The molecule has 5 nitrogen and oxygen atoms in total. The number of carbonyl (C=O) groups excluding carboxylic acids is 1. The molecule has 1 aromatic carbocycles. The van der Waals surface area contributed by atoms with Gasteiger partial charge >= 0.3 is 0 Å². The second kappa shape index (κ2) is 5.24. The van der Waals surface area contributed by atoms with E-state index in [4.69, 9.17) is 23.1 Å². The third-order valence-corrected chi connectivity index (χ3v) is 3.24. The van der Waals surface area contributed by atoms with Gasteiger partial charge in [0.15, 0.2) is 0 Å². The van der Waals surface area contributed by atoms with Crippen LogP contribution in [0.4, 0.5) is 11.4 Å². The standard InChI is InChI=1S/C11H11ClN4OS/c12-9-2-6(13)1-8(11(14)17)10(9)15-3-7-4-18-5-16-7/h1-2,4-5,15H,3,13H2,(H2,14,17). The average Bonchev–Trinajstić information content (AvgIpc) is 2.79. The number of rotatable bonds is 4. The Bertz CT molecular complexity index is 571. The molecule has 94 valence electrons. The summed E-state index contributed by atoms with van der Waals surface area (Å²) < 4.78 is 0. The molecule has 0 radical (unpaired) electrons. The number of nitrogens with one attached hydrogen (secondary N) is 1. The van der Waals surface area contributed by atoms with Gasteiger partial charge in [0.2, 0.25) is 0 Å². The molecule has 0 unspecified atom stereocenters. The fraction of sp³-hybridized carbons (Fsp3) is 0.0909. The van der Waals surface area contributed by atoms with Crippen molar-refractivity contribution in [2.45, 2.75) is 6.54 Å². The summed E-state index contributed by atoms with van der Waals surface area (Å²) in [6.07, 6.45) is 0. The number of carbonyl (C=O) groups is 1. The minimum atomic E-state index is -0.579. The van der Waals surface area contributed by atoms with Crippen molar-refractivity contribution in [1.29, 1.82) is 0 Å². The predicted octanol–water partition coefficient (Wildman–Crippen LogP) is 2.09. The second-order valence-electron chi connectivity index (χ2n) is 3.62. The van der Waals surface area contributed by atoms with E-state index in [2.05, 4.69) is 10.3 Å². The van der Waals surface area contributed by atoms with Gasteiger partial charge in [-0.05, 0) is 12.1 Å². The Morgan fingerprint density at radius 3 is 2.89 bits per heavy atom. The van der Waals surface area contributed by atoms with Gasteiger partial charge in [-0.3, -0.25) is 4.79 Å². The van der Waals surface area contributed by atoms with E-state index in [-0.39, 0.29) is 5.56 Å². The number of benzene rings is 1. The molecule has 18 heavy (non-hydrogen) atoms. The van der Waals surface area contributed by atoms with E-state index >= 15 is 0 Å². The van der Waals surface area contributed by atoms with Crippen LogP contribution in [0.5, 0.6) is 0 Å². The molecule has 0 atom stereocenters. The number of hydrogen-bond acceptors (Lipinski definition) is 5. The molecule has 7 heteroatoms. The highest BCUT2D eigenvalue weighted by Crippen LogP contribution is 2.29. The molecule has 2 rings (SSSR count). The molecule has 0 aliphatic heterocycles. The minimum Gasteiger partial charge on any atom is -0.399 e. The maximum atomic E-state index is 11.3. The van der Waals surface area contributed by atoms with Gasteiger partial charge in [0, 0.05) is 11.1 Å². The summed E-state index contributed by atoms with van der Waals surface area (Å²) in [7, 11) is 0. The van der Waals surface area contributed by atoms with Gasteiger partial charge in [0.05, 0.1) is 34.0 Å². The highest BCUT2D eigenvalue weighted by atomic mass is 35.5. The number of hydrogen-bond donors (Lipinski definition) is 3. The van der Waals surface area contributed by atoms with Crippen molar-refractivity contribution in [2.24, 2.45) is 5.73 Å². The van der Waals surface area contributed by atoms with Gasteiger partial charge in [0.1, 0.15) is 0 Å². The summed E-state index contributed by atoms with van der Waals surface area (Å²) in [5, 5.41) is 5.31. The first-order chi connectivity index (χ1) is 8.58. The Morgan fingerprint density at radius 2 is 2.28 bits per heavy atom. The molecule has 0 saturated heterocycles. The van der Waals surface area contributed by atoms with Gasteiger partial charge in [-0.1, -0.05) is 11.6 Å². The lowest BCUT2D eigenvalue weighted by Gasteiger charge is -2.12. The van der Waals surface area contributed by atoms with Crippen LogP contribution in [-0.4, -0.2) is 10.9 Å². The van der Waals surface area contributed by atoms with Crippen molar-refractivity contribution in [3.63, 3.8) is 0 Å². The van der Waals surface area contributed by atoms with Crippen LogP contribution in [0.1, 0.15) is 16.1 Å². The molecule has 0 saturated carbocycles. The van der Waals surface area contributed by atoms with E-state index in [1.807, 2.05) is 5.38 Å². The smallest absolute Gasteiger partial charge is 0.250 e. The topological polar surface area (TPSA) is 94.0 Å². The highest BCUT2D eigenvalue weighted by Gasteiger charge is 2.13. The maximum Gasteiger partial charge on any atom is 0.250 e. The van der Waals surface area contributed by atoms with E-state index in [1.54, 1.807) is 11.6 Å². The summed E-state index contributed by atoms with van der Waals surface area (Å²) in [6.45, 7) is 0.466. The third-order valence-electron chi connectivity index (χ3n) is 2.31. The highest BCUT2D eigenvalue weighted by molar-refractivity contribution is 7.07. The van der Waals surface area contributed by atoms with Gasteiger partial charge in [-0.15, -0.1) is 11.3 Å². The number of thiazole rings is 1. The molecule has 0 spiro atoms. The zero-order valence-electron chi connectivity index (χ0n) is 9.31. The van der Waals surface area contributed by atoms with Crippen LogP contribution in [0.15, 0.2) is 23.0 Å². The van der Waals surface area contributed by atoms with Crippen LogP contribution in [0.3, 0.4) is 0 Å². The summed E-state index contributed by atoms with van der Waals surface area (Å²) in [4.78, 5) is 15.5. The van der Waals surface area contributed by atoms with Crippen LogP contribution in [0.2, 0.25) is 5.02 Å². The molecule has 0 aliphatic carbocycles. The van der Waals surface area contributed by atoms with Crippen LogP contribution in [0, 0.1) is 0 Å². The van der Waals surface area contributed by atoms with Crippen LogP contribution >= 0.6 is 22.9 Å². The Labute approximate surface area is 113 Å². The van der Waals surface area contributed by atoms with Crippen molar-refractivity contribution >= 4 is 40.2 Å². The molecule has 5 N–H and O–H groups in total. The molecule has 0 fully saturated rings. The van der Waals surface area contributed by atoms with Crippen molar-refractivity contribution in [3.05, 3.63) is 39.3 Å². The summed E-state index contributed by atoms with van der Waals surface area (Å²) in [5.41, 5.74) is 14.7. The van der Waals surface area contributed by atoms with Crippen LogP contribution < -0.4 is 16.8 Å². The van der Waals surface area contributed by atoms with E-state index in [9.17, 15) is 4.79 Å². The van der Waals surface area contributed by atoms with Gasteiger partial charge < -0.3 is 16.8 Å². The molecule has 1 heterocycles. The number of nitrogens with zero attached hydrogens (tertiary/aromatic N) is 1. The quantitative estimate of drug-likeness (QED) is 0.749. The van der Waals surface area contributed by atoms with E-state index < -0.39 is 5.91 Å². The first-order valence-corrected chi connectivity index (χ1v) is 6.39. The molecule has 0 aliphatic rings. The van der Waals surface area contributed by atoms with Crippen LogP contribution in [-0.2, 0) is 6.54 Å². The molecule has 0 bridgehead atoms. The molecule has 1 amide bonds. The first kappa shape index (κ1) is 12.7. The number of halogens is 1. The molecule has 1 aromatic heterocycles. The Morgan fingerprint density at radius 1 is 1.50 bits per heavy atom. The first-order valence-electron chi connectivity index (χ1n) is 5.07. The van der Waals surface area contributed by atoms with Gasteiger partial charge in [0.25, 0.3) is 5.91 Å². The average molecular weight is 283 g/mol. The summed E-state index contributed by atoms with van der Waals surface area (Å²) >= 11 is 7.55. The number of primary amides is 1. The second-order valence-corrected chi connectivity index (χ2v) is 4.75. The van der Waals surface area contributed by atoms with E-state index in [0.29, 0.717) is 22.9 Å². The molecular weight excluding hydrogens is 272 g/mol. The van der Waals surface area contributed by atoms with Crippen LogP contribution in [0.25, 0.3) is 0 Å². The van der Waals surface area contributed by atoms with Crippen molar-refractivity contribution in [3.8, 4) is 0 Å². The lowest BCUT2D eigenvalue weighted by atomic mass is 10.1. The van der Waals surface area contributed by atoms with Crippen molar-refractivity contribution < 1.29 is 4.79 Å². The van der Waals surface area contributed by atoms with Gasteiger partial charge in [-0.25, -0.2) is 4.98 Å². The predicted molar refractivity (Wildman–Crippen MR) is 73.8 cm³/mol. The Kier molecular flexibility index (Phi) is 3.69. The lowest BCUT2D eigenvalue weighted by Crippen LogP contribution is -2.15. The minimum absolute atomic E-state index is 0.273. The normalized spacial score (nSPS) is 10.3. The van der Waals surface area contributed by atoms with Gasteiger partial charge in [-0.2, -0.15) is 0 Å². The Balaban J connectivity index is 2.28. The molecular formula is C11H11ClN4OS. The number of nitrogens with two attached hydrogens (primary N) is 2. The lowest BCUT2D eigenvalue weighted by molar-refractivity contribution is 0.100. The zero-order chi connectivity index (χ0) is 13.1. The number of anilines is 2. The van der Waals surface area contributed by atoms with Crippen molar-refractivity contribution in [1.82, 2.24) is 4.98 Å². The summed E-state index contributed by atoms with van der Waals surface area (Å²) in [6, 6.07) is 3.06. The third kappa shape index (κ3) is 2.72. The monoisotopic (exact) mass is 282 g/mol. The number of aromatic nitrogens is 1. The Hall–Kier alpha value is -1.79. The number of nitrogen functional groups attached to an aromatic ring is 1. The van der Waals surface area contributed by atoms with E-state index in [1.165, 1.54) is 17.4 Å². The summed E-state index contributed by atoms with van der Waals surface area (Å²) in [5.74, 6) is -0.579. The maximum absolute atomic E-state index is 11.3.